The van der Waals surface area contributed by atoms with Gasteiger partial charge in [0.2, 0.25) is 0 Å². The summed E-state index contributed by atoms with van der Waals surface area (Å²) in [6, 6.07) is 10.8. The van der Waals surface area contributed by atoms with E-state index in [1.54, 1.807) is 11.2 Å². The van der Waals surface area contributed by atoms with E-state index in [2.05, 4.69) is 42.9 Å². The summed E-state index contributed by atoms with van der Waals surface area (Å²) in [4.78, 5) is 22.6. The molecule has 184 valence electrons. The second kappa shape index (κ2) is 8.43. The molecule has 35 heavy (non-hydrogen) atoms. The van der Waals surface area contributed by atoms with Gasteiger partial charge in [-0.2, -0.15) is 18.3 Å². The van der Waals surface area contributed by atoms with Gasteiger partial charge in [0.1, 0.15) is 5.82 Å². The van der Waals surface area contributed by atoms with E-state index in [0.717, 1.165) is 29.9 Å². The Hall–Kier alpha value is -3.28. The summed E-state index contributed by atoms with van der Waals surface area (Å²) in [5, 5.41) is 13.2. The van der Waals surface area contributed by atoms with Crippen molar-refractivity contribution in [2.75, 3.05) is 11.6 Å². The minimum atomic E-state index is -4.60. The summed E-state index contributed by atoms with van der Waals surface area (Å²) in [6.07, 6.45) is -2.11. The molecule has 3 aromatic rings. The molecule has 5 rings (SSSR count). The number of hydrogen-bond donors (Lipinski definition) is 3. The van der Waals surface area contributed by atoms with Crippen LogP contribution in [0.2, 0.25) is 0 Å². The molecule has 2 aromatic heterocycles. The number of fused-ring (bicyclic) bond motifs is 1. The number of nitrogens with one attached hydrogen (secondary N) is 3. The van der Waals surface area contributed by atoms with E-state index in [9.17, 15) is 18.0 Å². The summed E-state index contributed by atoms with van der Waals surface area (Å²) in [6.45, 7) is 4.06. The highest BCUT2D eigenvalue weighted by atomic mass is 32.2. The molecule has 3 heterocycles. The van der Waals surface area contributed by atoms with Gasteiger partial charge in [0.05, 0.1) is 17.8 Å². The zero-order chi connectivity index (χ0) is 25.0. The topological polar surface area (TPSA) is 98.8 Å². The molecular weight excluding hydrogens is 479 g/mol. The molecule has 8 nitrogen and oxygen atoms in total. The number of amides is 2. The number of H-pyrrole nitrogens is 1. The summed E-state index contributed by atoms with van der Waals surface area (Å²) < 4.78 is 39.8. The molecular formula is C23H24F3N7OS. The van der Waals surface area contributed by atoms with Gasteiger partial charge in [-0.25, -0.2) is 14.8 Å². The second-order valence-corrected chi connectivity index (χ2v) is 9.90. The fourth-order valence-corrected chi connectivity index (χ4v) is 4.83. The maximum atomic E-state index is 13.3. The molecule has 1 aromatic carbocycles. The molecule has 1 fully saturated rings. The Kier molecular flexibility index (Phi) is 5.65. The number of urea groups is 1. The predicted molar refractivity (Wildman–Crippen MR) is 125 cm³/mol. The van der Waals surface area contributed by atoms with Crippen LogP contribution in [-0.4, -0.2) is 43.4 Å². The normalized spacial score (nSPS) is 20.5. The van der Waals surface area contributed by atoms with Crippen LogP contribution in [0, 0.1) is 0 Å². The van der Waals surface area contributed by atoms with E-state index in [1.165, 1.54) is 5.56 Å². The number of thioether (sulfide) groups is 1. The SMILES string of the molecule is CSc1nc(Nc2n[nH]c3c2CN(C(=O)NC2CC2c2ccccc2)C3(C)C)cc(C(F)(F)F)n1. The smallest absolute Gasteiger partial charge is 0.335 e. The first kappa shape index (κ1) is 23.5. The molecule has 0 radical (unpaired) electrons. The van der Waals surface area contributed by atoms with Gasteiger partial charge in [-0.3, -0.25) is 5.10 Å². The number of carbonyl (C=O) groups is 1. The highest BCUT2D eigenvalue weighted by molar-refractivity contribution is 7.98. The number of aromatic amines is 1. The van der Waals surface area contributed by atoms with Crippen molar-refractivity contribution in [3.8, 4) is 0 Å². The van der Waals surface area contributed by atoms with Crippen molar-refractivity contribution in [1.82, 2.24) is 30.4 Å². The molecule has 2 amide bonds. The number of rotatable bonds is 5. The number of nitrogens with zero attached hydrogens (tertiary/aromatic N) is 4. The third kappa shape index (κ3) is 4.42. The lowest BCUT2D eigenvalue weighted by molar-refractivity contribution is -0.141. The van der Waals surface area contributed by atoms with Crippen molar-refractivity contribution >= 4 is 29.4 Å². The standard InChI is InChI=1S/C23H24F3N7OS/c1-22(2)18-14(11-33(22)21(34)27-15-9-13(15)12-7-5-4-6-8-12)19(32-31-18)29-17-10-16(23(24,25)26)28-20(30-17)35-3/h4-8,10,13,15H,9,11H2,1-3H3,(H,27,34)(H2,28,29,30,31,32). The van der Waals surface area contributed by atoms with E-state index >= 15 is 0 Å². The maximum absolute atomic E-state index is 13.3. The molecule has 2 aliphatic rings. The highest BCUT2D eigenvalue weighted by Crippen LogP contribution is 2.44. The minimum Gasteiger partial charge on any atom is -0.335 e. The van der Waals surface area contributed by atoms with E-state index in [0.29, 0.717) is 17.3 Å². The quantitative estimate of drug-likeness (QED) is 0.335. The molecule has 0 bridgehead atoms. The molecule has 1 saturated carbocycles. The number of anilines is 2. The van der Waals surface area contributed by atoms with Crippen LogP contribution >= 0.6 is 11.8 Å². The van der Waals surface area contributed by atoms with Crippen molar-refractivity contribution in [2.24, 2.45) is 0 Å². The Balaban J connectivity index is 1.33. The molecule has 2 unspecified atom stereocenters. The number of aromatic nitrogens is 4. The number of benzene rings is 1. The van der Waals surface area contributed by atoms with Crippen LogP contribution in [0.3, 0.4) is 0 Å². The lowest BCUT2D eigenvalue weighted by Crippen LogP contribution is -2.47. The Morgan fingerprint density at radius 1 is 1.23 bits per heavy atom. The number of carbonyl (C=O) groups excluding carboxylic acids is 1. The Morgan fingerprint density at radius 2 is 1.97 bits per heavy atom. The van der Waals surface area contributed by atoms with E-state index < -0.39 is 17.4 Å². The molecule has 1 aliphatic carbocycles. The molecule has 1 aliphatic heterocycles. The average Bonchev–Trinajstić information content (AvgIpc) is 3.37. The van der Waals surface area contributed by atoms with Gasteiger partial charge in [0.25, 0.3) is 0 Å². The first-order chi connectivity index (χ1) is 16.6. The monoisotopic (exact) mass is 503 g/mol. The second-order valence-electron chi connectivity index (χ2n) is 9.13. The molecule has 0 saturated heterocycles. The van der Waals surface area contributed by atoms with E-state index in [1.807, 2.05) is 32.0 Å². The van der Waals surface area contributed by atoms with Gasteiger partial charge in [-0.05, 0) is 32.1 Å². The van der Waals surface area contributed by atoms with Gasteiger partial charge in [-0.15, -0.1) is 0 Å². The van der Waals surface area contributed by atoms with Crippen molar-refractivity contribution in [1.29, 1.82) is 0 Å². The summed E-state index contributed by atoms with van der Waals surface area (Å²) in [7, 11) is 0. The van der Waals surface area contributed by atoms with Crippen molar-refractivity contribution < 1.29 is 18.0 Å². The largest absolute Gasteiger partial charge is 0.433 e. The number of hydrogen-bond acceptors (Lipinski definition) is 6. The van der Waals surface area contributed by atoms with Crippen LogP contribution < -0.4 is 10.6 Å². The summed E-state index contributed by atoms with van der Waals surface area (Å²) >= 11 is 1.01. The van der Waals surface area contributed by atoms with Crippen LogP contribution in [-0.2, 0) is 18.3 Å². The minimum absolute atomic E-state index is 0.00626. The van der Waals surface area contributed by atoms with Crippen molar-refractivity contribution in [3.05, 3.63) is 58.9 Å². The highest BCUT2D eigenvalue weighted by Gasteiger charge is 2.47. The van der Waals surface area contributed by atoms with Gasteiger partial charge in [0.15, 0.2) is 16.7 Å². The number of alkyl halides is 3. The Labute approximate surface area is 204 Å². The van der Waals surface area contributed by atoms with Gasteiger partial charge in [-0.1, -0.05) is 42.1 Å². The van der Waals surface area contributed by atoms with Crippen molar-refractivity contribution in [2.45, 2.75) is 55.6 Å². The fraction of sp³-hybridized carbons (Fsp3) is 0.391. The van der Waals surface area contributed by atoms with E-state index in [-0.39, 0.29) is 29.6 Å². The third-order valence-corrected chi connectivity index (χ3v) is 7.01. The third-order valence-electron chi connectivity index (χ3n) is 6.47. The van der Waals surface area contributed by atoms with Crippen molar-refractivity contribution in [3.63, 3.8) is 0 Å². The average molecular weight is 504 g/mol. The van der Waals surface area contributed by atoms with Crippen LogP contribution in [0.1, 0.15) is 48.7 Å². The van der Waals surface area contributed by atoms with Gasteiger partial charge < -0.3 is 15.5 Å². The van der Waals surface area contributed by atoms with E-state index in [4.69, 9.17) is 0 Å². The fourth-order valence-electron chi connectivity index (χ4n) is 4.45. The molecule has 3 N–H and O–H groups in total. The molecule has 12 heteroatoms. The first-order valence-electron chi connectivity index (χ1n) is 11.1. The van der Waals surface area contributed by atoms with Gasteiger partial charge >= 0.3 is 12.2 Å². The predicted octanol–water partition coefficient (Wildman–Crippen LogP) is 5.00. The number of halogens is 3. The van der Waals surface area contributed by atoms with Crippen LogP contribution in [0.15, 0.2) is 41.6 Å². The Morgan fingerprint density at radius 3 is 2.66 bits per heavy atom. The lowest BCUT2D eigenvalue weighted by atomic mass is 10.0. The first-order valence-corrected chi connectivity index (χ1v) is 12.3. The zero-order valence-electron chi connectivity index (χ0n) is 19.3. The molecule has 0 spiro atoms. The zero-order valence-corrected chi connectivity index (χ0v) is 20.1. The maximum Gasteiger partial charge on any atom is 0.433 e. The Bertz CT molecular complexity index is 1260. The van der Waals surface area contributed by atoms with Crippen LogP contribution in [0.4, 0.5) is 29.6 Å². The lowest BCUT2D eigenvalue weighted by Gasteiger charge is -2.32. The summed E-state index contributed by atoms with van der Waals surface area (Å²) in [5.41, 5.74) is 0.910. The van der Waals surface area contributed by atoms with Crippen LogP contribution in [0.25, 0.3) is 0 Å². The van der Waals surface area contributed by atoms with Crippen LogP contribution in [0.5, 0.6) is 0 Å². The van der Waals surface area contributed by atoms with Gasteiger partial charge in [0, 0.05) is 23.6 Å². The summed E-state index contributed by atoms with van der Waals surface area (Å²) in [5.74, 6) is 0.611. The molecule has 2 atom stereocenters.